The lowest BCUT2D eigenvalue weighted by atomic mass is 9.85. The van der Waals surface area contributed by atoms with Crippen LogP contribution in [-0.4, -0.2) is 18.3 Å². The van der Waals surface area contributed by atoms with Gasteiger partial charge in [-0.3, -0.25) is 0 Å². The first-order chi connectivity index (χ1) is 43.6. The third kappa shape index (κ3) is 6.62. The van der Waals surface area contributed by atoms with Crippen LogP contribution in [0.4, 0.5) is 0 Å². The SMILES string of the molecule is N#Cc1c(-c2ccc3c(c2)c2ccccc2n3-c2ccccc2)c(C#N)c(-n2c3ccccc3c3ccc4c5ccccc5sc4c32)c(-c2ccc3c(c2)c2ccccc2n3-c2ccccc2)c1-n1c2ccccc2c2ccc3c4ccccc4sc3c21. The van der Waals surface area contributed by atoms with Gasteiger partial charge in [0.1, 0.15) is 12.1 Å². The second-order valence-electron chi connectivity index (χ2n) is 22.8. The van der Waals surface area contributed by atoms with Gasteiger partial charge >= 0.3 is 0 Å². The van der Waals surface area contributed by atoms with Crippen LogP contribution in [0.3, 0.4) is 0 Å². The van der Waals surface area contributed by atoms with Crippen molar-refractivity contribution in [2.45, 2.75) is 0 Å². The van der Waals surface area contributed by atoms with Gasteiger partial charge in [0.25, 0.3) is 0 Å². The summed E-state index contributed by atoms with van der Waals surface area (Å²) in [6, 6.07) is 101. The van der Waals surface area contributed by atoms with E-state index < -0.39 is 0 Å². The molecule has 19 aromatic rings. The summed E-state index contributed by atoms with van der Waals surface area (Å²) in [5, 5.41) is 38.8. The number of fused-ring (bicyclic) bond motifs is 20. The van der Waals surface area contributed by atoms with Gasteiger partial charge < -0.3 is 18.3 Å². The monoisotopic (exact) mass is 1150 g/mol. The zero-order valence-corrected chi connectivity index (χ0v) is 48.5. The third-order valence-corrected chi connectivity index (χ3v) is 20.8. The van der Waals surface area contributed by atoms with Crippen LogP contribution in [-0.2, 0) is 0 Å². The molecule has 0 saturated carbocycles. The van der Waals surface area contributed by atoms with Crippen LogP contribution >= 0.6 is 22.7 Å². The molecule has 0 aliphatic carbocycles. The fourth-order valence-corrected chi connectivity index (χ4v) is 17.3. The molecule has 6 nitrogen and oxygen atoms in total. The van der Waals surface area contributed by atoms with Gasteiger partial charge in [0, 0.05) is 96.5 Å². The summed E-state index contributed by atoms with van der Waals surface area (Å²) in [6.45, 7) is 0. The van der Waals surface area contributed by atoms with Gasteiger partial charge in [-0.05, 0) is 96.1 Å². The molecule has 0 aliphatic rings. The molecule has 0 spiro atoms. The normalized spacial score (nSPS) is 12.1. The Morgan fingerprint density at radius 2 is 0.591 bits per heavy atom. The van der Waals surface area contributed by atoms with E-state index in [-0.39, 0.29) is 0 Å². The van der Waals surface area contributed by atoms with E-state index in [4.69, 9.17) is 0 Å². The van der Waals surface area contributed by atoms with Crippen molar-refractivity contribution in [3.8, 4) is 57.1 Å². The molecule has 0 radical (unpaired) electrons. The molecule has 0 aliphatic heterocycles. The first kappa shape index (κ1) is 48.8. The predicted octanol–water partition coefficient (Wildman–Crippen LogP) is 21.9. The quantitative estimate of drug-likeness (QED) is 0.166. The van der Waals surface area contributed by atoms with Crippen molar-refractivity contribution in [1.82, 2.24) is 18.3 Å². The predicted molar refractivity (Wildman–Crippen MR) is 370 cm³/mol. The summed E-state index contributed by atoms with van der Waals surface area (Å²) in [5.41, 5.74) is 15.5. The molecule has 0 fully saturated rings. The van der Waals surface area contributed by atoms with E-state index in [0.717, 1.165) is 135 Å². The topological polar surface area (TPSA) is 67.3 Å². The average molecular weight is 1150 g/mol. The van der Waals surface area contributed by atoms with Gasteiger partial charge in [0.05, 0.1) is 76.0 Å². The molecule has 0 saturated heterocycles. The molecule has 406 valence electrons. The average Bonchev–Trinajstić information content (AvgIpc) is 1.62. The molecule has 0 atom stereocenters. The van der Waals surface area contributed by atoms with Gasteiger partial charge in [0.15, 0.2) is 0 Å². The largest absolute Gasteiger partial charge is 0.309 e. The first-order valence-electron chi connectivity index (χ1n) is 29.5. The summed E-state index contributed by atoms with van der Waals surface area (Å²) < 4.78 is 14.1. The van der Waals surface area contributed by atoms with Gasteiger partial charge in [0.2, 0.25) is 0 Å². The van der Waals surface area contributed by atoms with Crippen molar-refractivity contribution in [3.05, 3.63) is 278 Å². The maximum Gasteiger partial charge on any atom is 0.102 e. The zero-order chi connectivity index (χ0) is 57.9. The Bertz CT molecular complexity index is 6100. The number of nitriles is 2. The Morgan fingerprint density at radius 1 is 0.261 bits per heavy atom. The Balaban J connectivity index is 1.07. The highest BCUT2D eigenvalue weighted by Crippen LogP contribution is 2.53. The summed E-state index contributed by atoms with van der Waals surface area (Å²) in [6.07, 6.45) is 0. The fraction of sp³-hybridized carbons (Fsp3) is 0. The van der Waals surface area contributed by atoms with Gasteiger partial charge in [-0.1, -0.05) is 182 Å². The number of nitrogens with zero attached hydrogens (tertiary/aromatic N) is 6. The second-order valence-corrected chi connectivity index (χ2v) is 24.9. The molecule has 6 aromatic heterocycles. The number of benzene rings is 13. The highest BCUT2D eigenvalue weighted by Gasteiger charge is 2.34. The molecule has 8 heteroatoms. The van der Waals surface area contributed by atoms with E-state index in [1.54, 1.807) is 22.7 Å². The molecular weight excluding hydrogens is 1110 g/mol. The standard InChI is InChI=1S/C80H44N6S2/c81-45-63-73(47-35-41-69-61(43-47)53-25-9-13-29-65(53)83(69)49-19-3-1-4-20-49)64(46-82)76(86-68-32-16-8-24-52(68)58-38-40-60-56-28-12-18-34-72(56)88-80(60)78(58)86)74(48-36-42-70-62(44-48)54-26-10-14-30-66(54)84(70)50-21-5-2-6-22-50)75(63)85-67-31-15-7-23-51(67)57-37-39-59-55-27-11-17-33-71(55)87-79(59)77(57)85/h1-44H. The maximum atomic E-state index is 12.8. The smallest absolute Gasteiger partial charge is 0.102 e. The Labute approximate surface area is 510 Å². The van der Waals surface area contributed by atoms with E-state index in [1.807, 2.05) is 6.07 Å². The van der Waals surface area contributed by atoms with Crippen molar-refractivity contribution in [3.63, 3.8) is 0 Å². The first-order valence-corrected chi connectivity index (χ1v) is 31.2. The zero-order valence-electron chi connectivity index (χ0n) is 46.9. The van der Waals surface area contributed by atoms with Crippen molar-refractivity contribution in [1.29, 1.82) is 10.5 Å². The van der Waals surface area contributed by atoms with Crippen LogP contribution in [0.25, 0.3) is 173 Å². The molecule has 0 unspecified atom stereocenters. The molecule has 19 rings (SSSR count). The number of hydrogen-bond acceptors (Lipinski definition) is 4. The fourth-order valence-electron chi connectivity index (χ4n) is 14.8. The van der Waals surface area contributed by atoms with Gasteiger partial charge in [-0.2, -0.15) is 10.5 Å². The van der Waals surface area contributed by atoms with Crippen LogP contribution in [0.2, 0.25) is 0 Å². The second kappa shape index (κ2) is 18.5. The third-order valence-electron chi connectivity index (χ3n) is 18.4. The lowest BCUT2D eigenvalue weighted by Gasteiger charge is -2.26. The summed E-state index contributed by atoms with van der Waals surface area (Å²) in [5.74, 6) is 0. The minimum Gasteiger partial charge on any atom is -0.309 e. The summed E-state index contributed by atoms with van der Waals surface area (Å²) in [7, 11) is 0. The maximum absolute atomic E-state index is 12.8. The molecule has 6 heterocycles. The van der Waals surface area contributed by atoms with Crippen molar-refractivity contribution in [2.75, 3.05) is 0 Å². The van der Waals surface area contributed by atoms with E-state index >= 15 is 0 Å². The molecule has 88 heavy (non-hydrogen) atoms. The Hall–Kier alpha value is -11.5. The molecule has 0 N–H and O–H groups in total. The van der Waals surface area contributed by atoms with Crippen molar-refractivity contribution >= 4 is 150 Å². The van der Waals surface area contributed by atoms with E-state index in [1.165, 1.54) is 20.2 Å². The molecule has 13 aromatic carbocycles. The number of para-hydroxylation sites is 6. The van der Waals surface area contributed by atoms with E-state index in [2.05, 4.69) is 291 Å². The Morgan fingerprint density at radius 3 is 1.01 bits per heavy atom. The van der Waals surface area contributed by atoms with Crippen LogP contribution in [0.15, 0.2) is 267 Å². The highest BCUT2D eigenvalue weighted by atomic mass is 32.1. The highest BCUT2D eigenvalue weighted by molar-refractivity contribution is 7.27. The van der Waals surface area contributed by atoms with Crippen LogP contribution in [0, 0.1) is 22.7 Å². The lowest BCUT2D eigenvalue weighted by molar-refractivity contribution is 1.13. The van der Waals surface area contributed by atoms with Gasteiger partial charge in [-0.25, -0.2) is 0 Å². The van der Waals surface area contributed by atoms with Crippen molar-refractivity contribution in [2.24, 2.45) is 0 Å². The summed E-state index contributed by atoms with van der Waals surface area (Å²) >= 11 is 3.58. The molecular formula is C80H44N6S2. The van der Waals surface area contributed by atoms with Crippen LogP contribution in [0.1, 0.15) is 11.1 Å². The number of thiophene rings is 2. The van der Waals surface area contributed by atoms with Crippen LogP contribution < -0.4 is 0 Å². The van der Waals surface area contributed by atoms with Gasteiger partial charge in [-0.15, -0.1) is 22.7 Å². The molecule has 0 bridgehead atoms. The van der Waals surface area contributed by atoms with Crippen LogP contribution in [0.5, 0.6) is 0 Å². The van der Waals surface area contributed by atoms with E-state index in [9.17, 15) is 10.5 Å². The minimum atomic E-state index is 0.404. The summed E-state index contributed by atoms with van der Waals surface area (Å²) in [4.78, 5) is 0. The Kier molecular flexibility index (Phi) is 10.3. The van der Waals surface area contributed by atoms with E-state index in [0.29, 0.717) is 28.1 Å². The van der Waals surface area contributed by atoms with Crippen molar-refractivity contribution < 1.29 is 0 Å². The lowest BCUT2D eigenvalue weighted by Crippen LogP contribution is -2.11. The minimum absolute atomic E-state index is 0.404. The number of aromatic nitrogens is 4. The number of rotatable bonds is 6. The number of hydrogen-bond donors (Lipinski definition) is 0. The molecule has 0 amide bonds.